The van der Waals surface area contributed by atoms with Crippen LogP contribution >= 0.6 is 11.3 Å². The molecule has 0 radical (unpaired) electrons. The maximum Gasteiger partial charge on any atom is 0.255 e. The molecule has 1 aromatic carbocycles. The highest BCUT2D eigenvalue weighted by Crippen LogP contribution is 2.23. The number of amides is 1. The zero-order valence-electron chi connectivity index (χ0n) is 7.69. The zero-order valence-corrected chi connectivity index (χ0v) is 8.51. The fraction of sp³-hybridized carbons (Fsp3) is 0. The Kier molecular flexibility index (Phi) is 2.17. The fourth-order valence-electron chi connectivity index (χ4n) is 1.39. The molecule has 0 spiro atoms. The second-order valence-corrected chi connectivity index (χ2v) is 4.11. The van der Waals surface area contributed by atoms with Gasteiger partial charge in [0.1, 0.15) is 10.6 Å². The SMILES string of the molecule is NC(=O)c1c(N)sc2ccccc2c1=O. The van der Waals surface area contributed by atoms with E-state index in [9.17, 15) is 9.59 Å². The zero-order chi connectivity index (χ0) is 11.0. The first kappa shape index (κ1) is 9.67. The molecule has 0 aliphatic carbocycles. The predicted octanol–water partition coefficient (Wildman–Crippen LogP) is 0.943. The van der Waals surface area contributed by atoms with E-state index in [0.717, 1.165) is 4.70 Å². The minimum absolute atomic E-state index is 0.112. The third-order valence-electron chi connectivity index (χ3n) is 2.07. The Bertz CT molecular complexity index is 604. The van der Waals surface area contributed by atoms with Gasteiger partial charge in [-0.25, -0.2) is 0 Å². The van der Waals surface area contributed by atoms with Gasteiger partial charge in [-0.15, -0.1) is 11.3 Å². The third-order valence-corrected chi connectivity index (χ3v) is 3.07. The van der Waals surface area contributed by atoms with E-state index >= 15 is 0 Å². The topological polar surface area (TPSA) is 86.2 Å². The quantitative estimate of drug-likeness (QED) is 0.750. The first-order valence-electron chi connectivity index (χ1n) is 4.22. The van der Waals surface area contributed by atoms with Gasteiger partial charge in [0, 0.05) is 10.1 Å². The molecule has 0 atom stereocenters. The normalized spacial score (nSPS) is 10.4. The molecule has 0 bridgehead atoms. The van der Waals surface area contributed by atoms with Crippen molar-refractivity contribution < 1.29 is 4.79 Å². The predicted molar refractivity (Wildman–Crippen MR) is 61.0 cm³/mol. The fourth-order valence-corrected chi connectivity index (χ4v) is 2.34. The van der Waals surface area contributed by atoms with E-state index in [-0.39, 0.29) is 10.6 Å². The molecule has 0 saturated carbocycles. The largest absolute Gasteiger partial charge is 0.390 e. The summed E-state index contributed by atoms with van der Waals surface area (Å²) >= 11 is 1.19. The molecule has 4 N–H and O–H groups in total. The molecule has 4 nitrogen and oxygen atoms in total. The van der Waals surface area contributed by atoms with Crippen molar-refractivity contribution in [2.24, 2.45) is 5.73 Å². The van der Waals surface area contributed by atoms with Crippen LogP contribution in [0.4, 0.5) is 5.00 Å². The maximum absolute atomic E-state index is 11.8. The van der Waals surface area contributed by atoms with Crippen molar-refractivity contribution in [2.75, 3.05) is 5.73 Å². The van der Waals surface area contributed by atoms with E-state index in [0.29, 0.717) is 5.39 Å². The number of carbonyl (C=O) groups is 1. The van der Waals surface area contributed by atoms with E-state index in [1.54, 1.807) is 18.2 Å². The van der Waals surface area contributed by atoms with Crippen molar-refractivity contribution in [1.29, 1.82) is 0 Å². The van der Waals surface area contributed by atoms with Crippen molar-refractivity contribution in [1.82, 2.24) is 0 Å². The number of benzene rings is 1. The lowest BCUT2D eigenvalue weighted by molar-refractivity contribution is 0.100. The van der Waals surface area contributed by atoms with Gasteiger partial charge >= 0.3 is 0 Å². The number of carbonyl (C=O) groups excluding carboxylic acids is 1. The summed E-state index contributed by atoms with van der Waals surface area (Å²) in [6.45, 7) is 0. The molecule has 1 aromatic heterocycles. The minimum atomic E-state index is -0.778. The Balaban J connectivity index is 2.97. The lowest BCUT2D eigenvalue weighted by Crippen LogP contribution is -2.23. The third kappa shape index (κ3) is 1.46. The summed E-state index contributed by atoms with van der Waals surface area (Å²) in [7, 11) is 0. The molecular weight excluding hydrogens is 212 g/mol. The van der Waals surface area contributed by atoms with Gasteiger partial charge in [-0.05, 0) is 12.1 Å². The summed E-state index contributed by atoms with van der Waals surface area (Å²) in [5, 5.41) is 0.650. The van der Waals surface area contributed by atoms with Gasteiger partial charge in [0.25, 0.3) is 5.91 Å². The van der Waals surface area contributed by atoms with Crippen LogP contribution in [-0.2, 0) is 0 Å². The molecule has 2 aromatic rings. The van der Waals surface area contributed by atoms with Gasteiger partial charge in [-0.3, -0.25) is 9.59 Å². The van der Waals surface area contributed by atoms with E-state index in [1.807, 2.05) is 6.07 Å². The van der Waals surface area contributed by atoms with Gasteiger partial charge in [0.2, 0.25) is 5.43 Å². The van der Waals surface area contributed by atoms with Crippen molar-refractivity contribution in [2.45, 2.75) is 0 Å². The van der Waals surface area contributed by atoms with Crippen LogP contribution in [0, 0.1) is 0 Å². The van der Waals surface area contributed by atoms with Crippen LogP contribution in [-0.4, -0.2) is 5.91 Å². The van der Waals surface area contributed by atoms with Crippen LogP contribution in [0.15, 0.2) is 29.1 Å². The molecule has 15 heavy (non-hydrogen) atoms. The lowest BCUT2D eigenvalue weighted by Gasteiger charge is -2.02. The minimum Gasteiger partial charge on any atom is -0.390 e. The molecule has 1 heterocycles. The Hall–Kier alpha value is -1.88. The van der Waals surface area contributed by atoms with Gasteiger partial charge in [0.05, 0.1) is 0 Å². The van der Waals surface area contributed by atoms with Crippen molar-refractivity contribution >= 4 is 32.3 Å². The highest BCUT2D eigenvalue weighted by molar-refractivity contribution is 7.22. The molecule has 1 amide bonds. The Morgan fingerprint density at radius 1 is 1.27 bits per heavy atom. The molecule has 0 aliphatic heterocycles. The molecule has 0 fully saturated rings. The van der Waals surface area contributed by atoms with E-state index in [1.165, 1.54) is 11.3 Å². The van der Waals surface area contributed by atoms with Crippen LogP contribution in [0.3, 0.4) is 0 Å². The maximum atomic E-state index is 11.8. The van der Waals surface area contributed by atoms with Crippen molar-refractivity contribution in [3.8, 4) is 0 Å². The van der Waals surface area contributed by atoms with E-state index in [2.05, 4.69) is 0 Å². The Morgan fingerprint density at radius 2 is 1.93 bits per heavy atom. The molecule has 2 rings (SSSR count). The van der Waals surface area contributed by atoms with Gasteiger partial charge in [-0.1, -0.05) is 12.1 Å². The smallest absolute Gasteiger partial charge is 0.255 e. The first-order chi connectivity index (χ1) is 7.11. The van der Waals surface area contributed by atoms with Gasteiger partial charge in [0.15, 0.2) is 0 Å². The van der Waals surface area contributed by atoms with Crippen LogP contribution in [0.25, 0.3) is 10.1 Å². The summed E-state index contributed by atoms with van der Waals surface area (Å²) in [4.78, 5) is 22.9. The summed E-state index contributed by atoms with van der Waals surface area (Å²) in [6.07, 6.45) is 0. The number of rotatable bonds is 1. The average Bonchev–Trinajstić information content (AvgIpc) is 2.17. The molecule has 0 saturated heterocycles. The van der Waals surface area contributed by atoms with Crippen LogP contribution in [0.5, 0.6) is 0 Å². The molecule has 76 valence electrons. The van der Waals surface area contributed by atoms with Crippen molar-refractivity contribution in [3.05, 3.63) is 40.1 Å². The van der Waals surface area contributed by atoms with Gasteiger partial charge in [-0.2, -0.15) is 0 Å². The summed E-state index contributed by atoms with van der Waals surface area (Å²) in [6, 6.07) is 6.97. The number of anilines is 1. The highest BCUT2D eigenvalue weighted by atomic mass is 32.1. The number of hydrogen-bond acceptors (Lipinski definition) is 4. The number of fused-ring (bicyclic) bond motifs is 1. The standard InChI is InChI=1S/C10H8N2O2S/c11-9(14)7-8(13)5-3-1-2-4-6(5)15-10(7)12/h1-4H,12H2,(H2,11,14). The van der Waals surface area contributed by atoms with Gasteiger partial charge < -0.3 is 11.5 Å². The number of nitrogens with two attached hydrogens (primary N) is 2. The Labute approximate surface area is 89.1 Å². The lowest BCUT2D eigenvalue weighted by atomic mass is 10.2. The molecular formula is C10H8N2O2S. The molecule has 0 unspecified atom stereocenters. The summed E-state index contributed by atoms with van der Waals surface area (Å²) in [5.41, 5.74) is 10.2. The second-order valence-electron chi connectivity index (χ2n) is 3.03. The number of nitrogen functional groups attached to an aromatic ring is 1. The molecule has 5 heteroatoms. The van der Waals surface area contributed by atoms with Crippen molar-refractivity contribution in [3.63, 3.8) is 0 Å². The first-order valence-corrected chi connectivity index (χ1v) is 5.04. The van der Waals surface area contributed by atoms with Crippen LogP contribution < -0.4 is 16.9 Å². The molecule has 0 aliphatic rings. The summed E-state index contributed by atoms with van der Waals surface area (Å²) < 4.78 is 0.755. The second kappa shape index (κ2) is 3.36. The number of primary amides is 1. The number of hydrogen-bond donors (Lipinski definition) is 2. The monoisotopic (exact) mass is 220 g/mol. The van der Waals surface area contributed by atoms with Crippen LogP contribution in [0.1, 0.15) is 10.4 Å². The van der Waals surface area contributed by atoms with Crippen LogP contribution in [0.2, 0.25) is 0 Å². The highest BCUT2D eigenvalue weighted by Gasteiger charge is 2.14. The van der Waals surface area contributed by atoms with E-state index < -0.39 is 11.3 Å². The van der Waals surface area contributed by atoms with E-state index in [4.69, 9.17) is 11.5 Å². The summed E-state index contributed by atoms with van der Waals surface area (Å²) in [5.74, 6) is -0.778. The average molecular weight is 220 g/mol. The Morgan fingerprint density at radius 3 is 2.60 bits per heavy atom.